The van der Waals surface area contributed by atoms with Gasteiger partial charge in [0.15, 0.2) is 6.10 Å². The number of unbranched alkanes of at least 4 members (excludes halogenated alkanes) is 23. The van der Waals surface area contributed by atoms with Gasteiger partial charge in [-0.05, 0) is 25.2 Å². The van der Waals surface area contributed by atoms with Gasteiger partial charge in [-0.15, -0.1) is 0 Å². The molecule has 0 aromatic carbocycles. The minimum atomic E-state index is -0.757. The molecular formula is C42H80O6. The fraction of sp³-hybridized carbons (Fsp3) is 0.929. The van der Waals surface area contributed by atoms with Crippen molar-refractivity contribution in [1.82, 2.24) is 0 Å². The summed E-state index contributed by atoms with van der Waals surface area (Å²) >= 11 is 0. The van der Waals surface area contributed by atoms with Crippen LogP contribution < -0.4 is 0 Å². The van der Waals surface area contributed by atoms with Crippen molar-refractivity contribution >= 4 is 17.9 Å². The number of carbonyl (C=O) groups is 3. The van der Waals surface area contributed by atoms with E-state index in [0.717, 1.165) is 70.1 Å². The molecule has 0 aliphatic rings. The highest BCUT2D eigenvalue weighted by Crippen LogP contribution is 2.16. The zero-order chi connectivity index (χ0) is 35.3. The summed E-state index contributed by atoms with van der Waals surface area (Å²) in [7, 11) is 0. The number of carbonyl (C=O) groups excluding carboxylic acids is 3. The SMILES string of the molecule is CCCCCCCCCCCCCCCCCC(=O)OC[C@@H](COC(=O)CCCCCCCCC(C)CC)OC(=O)CCCCCCC. The molecule has 0 saturated carbocycles. The predicted molar refractivity (Wildman–Crippen MR) is 201 cm³/mol. The van der Waals surface area contributed by atoms with Crippen molar-refractivity contribution in [2.45, 2.75) is 233 Å². The van der Waals surface area contributed by atoms with Gasteiger partial charge < -0.3 is 14.2 Å². The van der Waals surface area contributed by atoms with Gasteiger partial charge in [-0.2, -0.15) is 0 Å². The molecule has 0 heterocycles. The largest absolute Gasteiger partial charge is 0.462 e. The smallest absolute Gasteiger partial charge is 0.306 e. The van der Waals surface area contributed by atoms with Gasteiger partial charge in [-0.3, -0.25) is 14.4 Å². The van der Waals surface area contributed by atoms with Crippen LogP contribution in [0.1, 0.15) is 227 Å². The molecule has 0 spiro atoms. The molecule has 0 rings (SSSR count). The van der Waals surface area contributed by atoms with Crippen molar-refractivity contribution in [1.29, 1.82) is 0 Å². The van der Waals surface area contributed by atoms with E-state index in [1.807, 2.05) is 0 Å². The molecule has 0 saturated heterocycles. The maximum atomic E-state index is 12.5. The Kier molecular flexibility index (Phi) is 35.5. The molecule has 6 heteroatoms. The summed E-state index contributed by atoms with van der Waals surface area (Å²) in [5.41, 5.74) is 0. The highest BCUT2D eigenvalue weighted by Gasteiger charge is 2.19. The van der Waals surface area contributed by atoms with E-state index >= 15 is 0 Å². The number of hydrogen-bond acceptors (Lipinski definition) is 6. The molecule has 6 nitrogen and oxygen atoms in total. The first-order valence-electron chi connectivity index (χ1n) is 20.9. The van der Waals surface area contributed by atoms with Crippen LogP contribution in [-0.4, -0.2) is 37.2 Å². The van der Waals surface area contributed by atoms with E-state index in [1.54, 1.807) is 0 Å². The van der Waals surface area contributed by atoms with E-state index in [9.17, 15) is 14.4 Å². The molecule has 1 unspecified atom stereocenters. The Balaban J connectivity index is 4.17. The fourth-order valence-corrected chi connectivity index (χ4v) is 6.06. The summed E-state index contributed by atoms with van der Waals surface area (Å²) in [4.78, 5) is 37.3. The van der Waals surface area contributed by atoms with Crippen LogP contribution in [0.5, 0.6) is 0 Å². The maximum Gasteiger partial charge on any atom is 0.306 e. The van der Waals surface area contributed by atoms with Gasteiger partial charge in [0.25, 0.3) is 0 Å². The molecule has 0 radical (unpaired) electrons. The molecule has 0 N–H and O–H groups in total. The minimum absolute atomic E-state index is 0.0664. The third-order valence-electron chi connectivity index (χ3n) is 9.65. The Bertz CT molecular complexity index is 723. The quantitative estimate of drug-likeness (QED) is 0.0369. The molecule has 0 aromatic heterocycles. The first-order valence-corrected chi connectivity index (χ1v) is 20.9. The summed E-state index contributed by atoms with van der Waals surface area (Å²) in [6.45, 7) is 8.87. The number of ether oxygens (including phenoxy) is 3. The second-order valence-electron chi connectivity index (χ2n) is 14.5. The van der Waals surface area contributed by atoms with E-state index in [4.69, 9.17) is 14.2 Å². The summed E-state index contributed by atoms with van der Waals surface area (Å²) in [6.07, 6.45) is 34.0. The van der Waals surface area contributed by atoms with Crippen molar-refractivity contribution in [3.8, 4) is 0 Å². The standard InChI is InChI=1S/C42H80O6/c1-5-8-10-12-13-14-15-16-17-18-19-20-21-26-29-33-40(43)46-36-39(48-42(45)35-31-24-11-9-6-2)37-47-41(44)34-30-27-23-22-25-28-32-38(4)7-3/h38-39H,5-37H2,1-4H3/t38?,39-/m0/s1. The first kappa shape index (κ1) is 46.4. The Labute approximate surface area is 298 Å². The molecular weight excluding hydrogens is 600 g/mol. The van der Waals surface area contributed by atoms with Gasteiger partial charge in [-0.25, -0.2) is 0 Å². The molecule has 0 aliphatic heterocycles. The number of esters is 3. The molecule has 2 atom stereocenters. The van der Waals surface area contributed by atoms with E-state index in [2.05, 4.69) is 27.7 Å². The highest BCUT2D eigenvalue weighted by molar-refractivity contribution is 5.71. The lowest BCUT2D eigenvalue weighted by molar-refractivity contribution is -0.167. The van der Waals surface area contributed by atoms with Crippen molar-refractivity contribution in [3.63, 3.8) is 0 Å². The van der Waals surface area contributed by atoms with Crippen LogP contribution in [0.15, 0.2) is 0 Å². The third-order valence-corrected chi connectivity index (χ3v) is 9.65. The van der Waals surface area contributed by atoms with Crippen LogP contribution in [0.2, 0.25) is 0 Å². The Hall–Kier alpha value is -1.59. The van der Waals surface area contributed by atoms with Gasteiger partial charge >= 0.3 is 17.9 Å². The fourth-order valence-electron chi connectivity index (χ4n) is 6.06. The molecule has 0 amide bonds. The summed E-state index contributed by atoms with van der Waals surface area (Å²) < 4.78 is 16.5. The topological polar surface area (TPSA) is 78.9 Å². The van der Waals surface area contributed by atoms with Gasteiger partial charge in [-0.1, -0.05) is 188 Å². The van der Waals surface area contributed by atoms with Crippen LogP contribution in [0.4, 0.5) is 0 Å². The van der Waals surface area contributed by atoms with Gasteiger partial charge in [0.2, 0.25) is 0 Å². The Morgan fingerprint density at radius 3 is 1.08 bits per heavy atom. The normalized spacial score (nSPS) is 12.5. The molecule has 284 valence electrons. The molecule has 0 aromatic rings. The molecule has 0 fully saturated rings. The predicted octanol–water partition coefficient (Wildman–Crippen LogP) is 12.8. The van der Waals surface area contributed by atoms with Crippen LogP contribution in [0, 0.1) is 5.92 Å². The number of hydrogen-bond donors (Lipinski definition) is 0. The third kappa shape index (κ3) is 34.3. The molecule has 48 heavy (non-hydrogen) atoms. The van der Waals surface area contributed by atoms with E-state index in [0.29, 0.717) is 19.3 Å². The first-order chi connectivity index (χ1) is 23.4. The lowest BCUT2D eigenvalue weighted by Crippen LogP contribution is -2.30. The van der Waals surface area contributed by atoms with Gasteiger partial charge in [0, 0.05) is 19.3 Å². The average molecular weight is 681 g/mol. The van der Waals surface area contributed by atoms with E-state index in [1.165, 1.54) is 116 Å². The van der Waals surface area contributed by atoms with Crippen LogP contribution >= 0.6 is 0 Å². The average Bonchev–Trinajstić information content (AvgIpc) is 3.08. The monoisotopic (exact) mass is 681 g/mol. The second-order valence-corrected chi connectivity index (χ2v) is 14.5. The highest BCUT2D eigenvalue weighted by atomic mass is 16.6. The van der Waals surface area contributed by atoms with Crippen molar-refractivity contribution in [2.75, 3.05) is 13.2 Å². The molecule has 0 aliphatic carbocycles. The van der Waals surface area contributed by atoms with E-state index in [-0.39, 0.29) is 31.1 Å². The van der Waals surface area contributed by atoms with Crippen molar-refractivity contribution in [3.05, 3.63) is 0 Å². The Morgan fingerprint density at radius 1 is 0.417 bits per heavy atom. The number of rotatable bonds is 37. The zero-order valence-corrected chi connectivity index (χ0v) is 32.4. The second kappa shape index (κ2) is 36.7. The lowest BCUT2D eigenvalue weighted by Gasteiger charge is -2.18. The maximum absolute atomic E-state index is 12.5. The van der Waals surface area contributed by atoms with Crippen molar-refractivity contribution in [2.24, 2.45) is 5.92 Å². The van der Waals surface area contributed by atoms with Crippen LogP contribution in [0.25, 0.3) is 0 Å². The minimum Gasteiger partial charge on any atom is -0.462 e. The zero-order valence-electron chi connectivity index (χ0n) is 32.4. The van der Waals surface area contributed by atoms with Crippen LogP contribution in [0.3, 0.4) is 0 Å². The molecule has 0 bridgehead atoms. The van der Waals surface area contributed by atoms with Gasteiger partial charge in [0.1, 0.15) is 13.2 Å². The lowest BCUT2D eigenvalue weighted by atomic mass is 10.00. The van der Waals surface area contributed by atoms with E-state index < -0.39 is 6.10 Å². The summed E-state index contributed by atoms with van der Waals surface area (Å²) in [6, 6.07) is 0. The Morgan fingerprint density at radius 2 is 0.729 bits per heavy atom. The summed E-state index contributed by atoms with van der Waals surface area (Å²) in [5, 5.41) is 0. The van der Waals surface area contributed by atoms with Crippen molar-refractivity contribution < 1.29 is 28.6 Å². The van der Waals surface area contributed by atoms with Crippen LogP contribution in [-0.2, 0) is 28.6 Å². The summed E-state index contributed by atoms with van der Waals surface area (Å²) in [5.74, 6) is -0.0624. The van der Waals surface area contributed by atoms with Gasteiger partial charge in [0.05, 0.1) is 0 Å².